The van der Waals surface area contributed by atoms with Crippen molar-refractivity contribution in [2.75, 3.05) is 5.75 Å². The molecule has 4 atom stereocenters. The Bertz CT molecular complexity index is 864. The first kappa shape index (κ1) is 17.9. The van der Waals surface area contributed by atoms with Gasteiger partial charge in [0.25, 0.3) is 5.91 Å². The molecule has 2 heterocycles. The number of hydrogen-bond acceptors (Lipinski definition) is 4. The molecule has 1 aliphatic heterocycles. The summed E-state index contributed by atoms with van der Waals surface area (Å²) in [7, 11) is 0. The third kappa shape index (κ3) is 3.34. The minimum absolute atomic E-state index is 0.0201. The van der Waals surface area contributed by atoms with Crippen molar-refractivity contribution in [3.05, 3.63) is 59.5 Å². The third-order valence-electron chi connectivity index (χ3n) is 6.39. The number of rotatable bonds is 5. The van der Waals surface area contributed by atoms with Crippen LogP contribution in [0.5, 0.6) is 0 Å². The van der Waals surface area contributed by atoms with Crippen molar-refractivity contribution >= 4 is 23.6 Å². The number of carbonyl (C=O) groups is 2. The Hall–Kier alpha value is -2.21. The van der Waals surface area contributed by atoms with Gasteiger partial charge in [-0.25, -0.2) is 0 Å². The fraction of sp³-hybridized carbons (Fsp3) is 0.455. The molecule has 28 heavy (non-hydrogen) atoms. The standard InChI is InChI=1S/C22H24N2O3S/c25-20-13-28-22(24(20)12-18-2-1-9-27-18)16-7-5-15(6-8-16)21(26)23-19-11-14-3-4-17(19)10-14/h1-2,5-9,14,17,19,22H,3-4,10-13H2,(H,23,26)/t14-,17+,19-,22-/m0/s1. The van der Waals surface area contributed by atoms with Crippen molar-refractivity contribution in [1.82, 2.24) is 10.2 Å². The number of hydrogen-bond donors (Lipinski definition) is 1. The molecule has 0 radical (unpaired) electrons. The van der Waals surface area contributed by atoms with Gasteiger partial charge in [0.1, 0.15) is 11.1 Å². The zero-order valence-electron chi connectivity index (χ0n) is 15.7. The van der Waals surface area contributed by atoms with Gasteiger partial charge in [0, 0.05) is 11.6 Å². The summed E-state index contributed by atoms with van der Waals surface area (Å²) >= 11 is 1.62. The predicted molar refractivity (Wildman–Crippen MR) is 108 cm³/mol. The Morgan fingerprint density at radius 2 is 2.04 bits per heavy atom. The maximum Gasteiger partial charge on any atom is 0.251 e. The fourth-order valence-electron chi connectivity index (χ4n) is 4.94. The van der Waals surface area contributed by atoms with Crippen molar-refractivity contribution < 1.29 is 14.0 Å². The van der Waals surface area contributed by atoms with Crippen LogP contribution in [0.25, 0.3) is 0 Å². The van der Waals surface area contributed by atoms with E-state index in [-0.39, 0.29) is 17.2 Å². The first-order chi connectivity index (χ1) is 13.7. The van der Waals surface area contributed by atoms with E-state index in [0.717, 1.165) is 23.7 Å². The molecule has 2 aliphatic carbocycles. The summed E-state index contributed by atoms with van der Waals surface area (Å²) in [5, 5.41) is 3.20. The monoisotopic (exact) mass is 396 g/mol. The summed E-state index contributed by atoms with van der Waals surface area (Å²) in [6.45, 7) is 0.468. The largest absolute Gasteiger partial charge is 0.467 e. The van der Waals surface area contributed by atoms with Crippen LogP contribution >= 0.6 is 11.8 Å². The van der Waals surface area contributed by atoms with Crippen molar-refractivity contribution in [2.24, 2.45) is 11.8 Å². The smallest absolute Gasteiger partial charge is 0.251 e. The van der Waals surface area contributed by atoms with Gasteiger partial charge in [0.2, 0.25) is 5.91 Å². The topological polar surface area (TPSA) is 62.6 Å². The van der Waals surface area contributed by atoms with Crippen molar-refractivity contribution in [3.8, 4) is 0 Å². The van der Waals surface area contributed by atoms with Crippen molar-refractivity contribution in [1.29, 1.82) is 0 Å². The first-order valence-corrected chi connectivity index (χ1v) is 11.1. The van der Waals surface area contributed by atoms with Gasteiger partial charge in [-0.2, -0.15) is 0 Å². The lowest BCUT2D eigenvalue weighted by molar-refractivity contribution is -0.128. The molecule has 3 aliphatic rings. The summed E-state index contributed by atoms with van der Waals surface area (Å²) in [5.74, 6) is 2.87. The molecule has 3 fully saturated rings. The number of nitrogens with zero attached hydrogens (tertiary/aromatic N) is 1. The van der Waals surface area contributed by atoms with Gasteiger partial charge in [-0.3, -0.25) is 9.59 Å². The first-order valence-electron chi connectivity index (χ1n) is 10.0. The van der Waals surface area contributed by atoms with Crippen LogP contribution in [0.1, 0.15) is 52.7 Å². The molecule has 1 saturated heterocycles. The molecular formula is C22H24N2O3S. The zero-order valence-corrected chi connectivity index (χ0v) is 16.5. The Morgan fingerprint density at radius 3 is 2.71 bits per heavy atom. The predicted octanol–water partition coefficient (Wildman–Crippen LogP) is 3.97. The van der Waals surface area contributed by atoms with Gasteiger partial charge in [-0.05, 0) is 60.9 Å². The van der Waals surface area contributed by atoms with E-state index in [0.29, 0.717) is 29.8 Å². The molecule has 1 aromatic carbocycles. The van der Waals surface area contributed by atoms with Crippen LogP contribution in [0.15, 0.2) is 47.1 Å². The number of carbonyl (C=O) groups excluding carboxylic acids is 2. The summed E-state index contributed by atoms with van der Waals surface area (Å²) in [6.07, 6.45) is 6.63. The van der Waals surface area contributed by atoms with E-state index in [1.165, 1.54) is 19.3 Å². The number of fused-ring (bicyclic) bond motifs is 2. The number of benzene rings is 1. The molecule has 0 unspecified atom stereocenters. The molecule has 2 bridgehead atoms. The molecule has 1 N–H and O–H groups in total. The van der Waals surface area contributed by atoms with E-state index in [9.17, 15) is 9.59 Å². The summed E-state index contributed by atoms with van der Waals surface area (Å²) in [4.78, 5) is 26.8. The van der Waals surface area contributed by atoms with Crippen LogP contribution in [0.3, 0.4) is 0 Å². The minimum Gasteiger partial charge on any atom is -0.467 e. The number of thioether (sulfide) groups is 1. The maximum absolute atomic E-state index is 12.6. The summed E-state index contributed by atoms with van der Waals surface area (Å²) in [6, 6.07) is 11.8. The molecular weight excluding hydrogens is 372 g/mol. The lowest BCUT2D eigenvalue weighted by Gasteiger charge is -2.24. The van der Waals surface area contributed by atoms with Gasteiger partial charge in [-0.1, -0.05) is 18.6 Å². The van der Waals surface area contributed by atoms with Gasteiger partial charge < -0.3 is 14.6 Å². The van der Waals surface area contributed by atoms with Crippen molar-refractivity contribution in [2.45, 2.75) is 43.6 Å². The Morgan fingerprint density at radius 1 is 1.18 bits per heavy atom. The lowest BCUT2D eigenvalue weighted by Crippen LogP contribution is -2.38. The van der Waals surface area contributed by atoms with E-state index in [1.807, 2.05) is 41.3 Å². The SMILES string of the molecule is O=C(N[C@H]1C[C@H]2CC[C@@H]1C2)c1ccc([C@@H]2SCC(=O)N2Cc2ccco2)cc1. The van der Waals surface area contributed by atoms with Crippen LogP contribution in [0.4, 0.5) is 0 Å². The van der Waals surface area contributed by atoms with E-state index in [1.54, 1.807) is 18.0 Å². The van der Waals surface area contributed by atoms with Crippen LogP contribution in [-0.2, 0) is 11.3 Å². The van der Waals surface area contributed by atoms with Crippen LogP contribution < -0.4 is 5.32 Å². The molecule has 5 nitrogen and oxygen atoms in total. The van der Waals surface area contributed by atoms with Gasteiger partial charge in [0.05, 0.1) is 18.6 Å². The number of furan rings is 1. The molecule has 5 rings (SSSR count). The summed E-state index contributed by atoms with van der Waals surface area (Å²) < 4.78 is 5.41. The van der Waals surface area contributed by atoms with Crippen molar-refractivity contribution in [3.63, 3.8) is 0 Å². The normalized spacial score (nSPS) is 28.9. The van der Waals surface area contributed by atoms with E-state index >= 15 is 0 Å². The van der Waals surface area contributed by atoms with E-state index in [4.69, 9.17) is 4.42 Å². The van der Waals surface area contributed by atoms with Crippen LogP contribution in [0, 0.1) is 11.8 Å². The van der Waals surface area contributed by atoms with Crippen LogP contribution in [-0.4, -0.2) is 28.5 Å². The highest BCUT2D eigenvalue weighted by molar-refractivity contribution is 8.00. The quantitative estimate of drug-likeness (QED) is 0.831. The molecule has 1 aromatic heterocycles. The number of amides is 2. The highest BCUT2D eigenvalue weighted by Gasteiger charge is 2.40. The average molecular weight is 397 g/mol. The van der Waals surface area contributed by atoms with E-state index in [2.05, 4.69) is 5.32 Å². The van der Waals surface area contributed by atoms with Gasteiger partial charge >= 0.3 is 0 Å². The second kappa shape index (κ2) is 7.32. The van der Waals surface area contributed by atoms with Gasteiger partial charge in [-0.15, -0.1) is 11.8 Å². The Labute approximate surface area is 168 Å². The highest BCUT2D eigenvalue weighted by atomic mass is 32.2. The summed E-state index contributed by atoms with van der Waals surface area (Å²) in [5.41, 5.74) is 1.73. The van der Waals surface area contributed by atoms with Gasteiger partial charge in [0.15, 0.2) is 0 Å². The molecule has 2 saturated carbocycles. The Kier molecular flexibility index (Phi) is 4.67. The average Bonchev–Trinajstić information content (AvgIpc) is 3.49. The third-order valence-corrected chi connectivity index (χ3v) is 7.64. The molecule has 2 aromatic rings. The number of nitrogens with one attached hydrogen (secondary N) is 1. The molecule has 2 amide bonds. The minimum atomic E-state index is -0.0414. The Balaban J connectivity index is 1.26. The molecule has 0 spiro atoms. The second-order valence-corrected chi connectivity index (χ2v) is 9.21. The second-order valence-electron chi connectivity index (χ2n) is 8.14. The van der Waals surface area contributed by atoms with E-state index < -0.39 is 0 Å². The fourth-order valence-corrected chi connectivity index (χ4v) is 6.13. The molecule has 6 heteroatoms. The van der Waals surface area contributed by atoms with Crippen LogP contribution in [0.2, 0.25) is 0 Å². The maximum atomic E-state index is 12.6. The molecule has 146 valence electrons. The zero-order chi connectivity index (χ0) is 19.1. The highest BCUT2D eigenvalue weighted by Crippen LogP contribution is 2.44. The lowest BCUT2D eigenvalue weighted by atomic mass is 9.95.